The predicted octanol–water partition coefficient (Wildman–Crippen LogP) is 4.77. The van der Waals surface area contributed by atoms with Crippen LogP contribution in [0.2, 0.25) is 0 Å². The van der Waals surface area contributed by atoms with E-state index in [2.05, 4.69) is 4.85 Å². The summed E-state index contributed by atoms with van der Waals surface area (Å²) in [4.78, 5) is 20.0. The maximum absolute atomic E-state index is 13.1. The number of hydrogen-bond acceptors (Lipinski definition) is 2. The largest absolute Gasteiger partial charge is 0.304 e. The van der Waals surface area contributed by atoms with E-state index >= 15 is 0 Å². The van der Waals surface area contributed by atoms with Crippen LogP contribution in [0.4, 0.5) is 17.1 Å². The molecule has 0 atom stereocenters. The Morgan fingerprint density at radius 2 is 1.64 bits per heavy atom. The Kier molecular flexibility index (Phi) is 4.09. The van der Waals surface area contributed by atoms with Gasteiger partial charge >= 0.3 is 0 Å². The Morgan fingerprint density at radius 1 is 1.04 bits per heavy atom. The first-order valence-corrected chi connectivity index (χ1v) is 8.41. The zero-order valence-electron chi connectivity index (χ0n) is 14.7. The summed E-state index contributed by atoms with van der Waals surface area (Å²) in [6.45, 7) is 14.8. The summed E-state index contributed by atoms with van der Waals surface area (Å²) in [6, 6.07) is 13.3. The molecule has 0 aromatic heterocycles. The van der Waals surface area contributed by atoms with Crippen LogP contribution in [0.1, 0.15) is 25.0 Å². The molecule has 1 fully saturated rings. The van der Waals surface area contributed by atoms with Crippen molar-refractivity contribution >= 4 is 40.3 Å². The van der Waals surface area contributed by atoms with Gasteiger partial charge in [0.1, 0.15) is 5.54 Å². The summed E-state index contributed by atoms with van der Waals surface area (Å²) < 4.78 is 0. The van der Waals surface area contributed by atoms with Gasteiger partial charge in [-0.25, -0.2) is 4.85 Å². The average molecular weight is 349 g/mol. The van der Waals surface area contributed by atoms with Crippen molar-refractivity contribution in [2.75, 3.05) is 9.80 Å². The highest BCUT2D eigenvalue weighted by Gasteiger charge is 2.50. The minimum Gasteiger partial charge on any atom is -0.304 e. The van der Waals surface area contributed by atoms with Gasteiger partial charge in [-0.2, -0.15) is 0 Å². The molecule has 1 heterocycles. The van der Waals surface area contributed by atoms with Crippen molar-refractivity contribution < 1.29 is 4.79 Å². The van der Waals surface area contributed by atoms with Crippen molar-refractivity contribution in [1.29, 1.82) is 0 Å². The fraction of sp³-hybridized carbons (Fsp3) is 0.250. The lowest BCUT2D eigenvalue weighted by Crippen LogP contribution is -2.44. The minimum atomic E-state index is -0.779. The maximum atomic E-state index is 13.1. The van der Waals surface area contributed by atoms with E-state index in [0.29, 0.717) is 16.5 Å². The minimum absolute atomic E-state index is 0.0759. The van der Waals surface area contributed by atoms with Crippen molar-refractivity contribution in [1.82, 2.24) is 0 Å². The van der Waals surface area contributed by atoms with E-state index in [9.17, 15) is 4.79 Å². The number of aryl methyl sites for hydroxylation is 2. The molecule has 126 valence electrons. The van der Waals surface area contributed by atoms with E-state index in [1.54, 1.807) is 17.0 Å². The van der Waals surface area contributed by atoms with Gasteiger partial charge in [-0.15, -0.1) is 0 Å². The second kappa shape index (κ2) is 5.98. The highest BCUT2D eigenvalue weighted by atomic mass is 32.1. The molecule has 1 amide bonds. The molecule has 0 unspecified atom stereocenters. The van der Waals surface area contributed by atoms with Crippen molar-refractivity contribution in [3.63, 3.8) is 0 Å². The number of anilines is 2. The lowest BCUT2D eigenvalue weighted by molar-refractivity contribution is -0.120. The number of benzene rings is 2. The number of carbonyl (C=O) groups excluding carboxylic acids is 1. The van der Waals surface area contributed by atoms with Crippen molar-refractivity contribution in [3.8, 4) is 0 Å². The van der Waals surface area contributed by atoms with Crippen molar-refractivity contribution in [2.45, 2.75) is 33.2 Å². The van der Waals surface area contributed by atoms with Crippen LogP contribution in [0.5, 0.6) is 0 Å². The van der Waals surface area contributed by atoms with Gasteiger partial charge in [0.15, 0.2) is 10.8 Å². The molecule has 1 aliphatic rings. The van der Waals surface area contributed by atoms with E-state index in [-0.39, 0.29) is 5.91 Å². The molecule has 0 spiro atoms. The number of amides is 1. The molecule has 2 aromatic carbocycles. The molecule has 0 N–H and O–H groups in total. The van der Waals surface area contributed by atoms with Gasteiger partial charge in [-0.05, 0) is 69.7 Å². The molecule has 2 aromatic rings. The van der Waals surface area contributed by atoms with E-state index < -0.39 is 5.54 Å². The van der Waals surface area contributed by atoms with E-state index in [1.807, 2.05) is 62.9 Å². The lowest BCUT2D eigenvalue weighted by Gasteiger charge is -2.29. The Labute approximate surface area is 153 Å². The summed E-state index contributed by atoms with van der Waals surface area (Å²) in [5, 5.41) is 0.453. The smallest absolute Gasteiger partial charge is 0.259 e. The molecule has 5 heteroatoms. The van der Waals surface area contributed by atoms with Gasteiger partial charge < -0.3 is 4.90 Å². The van der Waals surface area contributed by atoms with Crippen LogP contribution in [-0.2, 0) is 4.79 Å². The average Bonchev–Trinajstić information content (AvgIpc) is 2.74. The zero-order valence-corrected chi connectivity index (χ0v) is 15.5. The molecule has 1 aliphatic heterocycles. The summed E-state index contributed by atoms with van der Waals surface area (Å²) in [6.07, 6.45) is 0. The summed E-state index contributed by atoms with van der Waals surface area (Å²) >= 11 is 5.66. The van der Waals surface area contributed by atoms with E-state index in [0.717, 1.165) is 16.8 Å². The van der Waals surface area contributed by atoms with Crippen LogP contribution >= 0.6 is 12.2 Å². The quantitative estimate of drug-likeness (QED) is 0.577. The molecular formula is C20H19N3OS. The molecular weight excluding hydrogens is 330 g/mol. The molecule has 0 radical (unpaired) electrons. The molecule has 0 saturated carbocycles. The molecule has 0 bridgehead atoms. The summed E-state index contributed by atoms with van der Waals surface area (Å²) in [5.41, 5.74) is 3.37. The van der Waals surface area contributed by atoms with Gasteiger partial charge in [0.2, 0.25) is 0 Å². The normalized spacial score (nSPS) is 16.3. The number of rotatable bonds is 2. The van der Waals surface area contributed by atoms with Gasteiger partial charge in [-0.3, -0.25) is 9.69 Å². The first-order valence-electron chi connectivity index (χ1n) is 8.01. The van der Waals surface area contributed by atoms with Crippen molar-refractivity contribution in [3.05, 3.63) is 65.0 Å². The standard InChI is InChI=1S/C20H19N3OS/c1-13-6-8-15(9-7-13)23-19(25)22(18(24)20(23,3)4)16-10-11-17(21-5)14(2)12-16/h6-12H,1-4H3. The predicted molar refractivity (Wildman–Crippen MR) is 105 cm³/mol. The Balaban J connectivity index is 2.07. The third-order valence-electron chi connectivity index (χ3n) is 4.52. The second-order valence-corrected chi connectivity index (χ2v) is 7.10. The molecule has 3 rings (SSSR count). The van der Waals surface area contributed by atoms with Crippen LogP contribution in [0, 0.1) is 20.4 Å². The van der Waals surface area contributed by atoms with Gasteiger partial charge in [-0.1, -0.05) is 23.8 Å². The maximum Gasteiger partial charge on any atom is 0.259 e. The lowest BCUT2D eigenvalue weighted by atomic mass is 10.0. The monoisotopic (exact) mass is 349 g/mol. The van der Waals surface area contributed by atoms with Gasteiger partial charge in [0, 0.05) is 11.4 Å². The zero-order chi connectivity index (χ0) is 18.4. The highest BCUT2D eigenvalue weighted by molar-refractivity contribution is 7.81. The van der Waals surface area contributed by atoms with E-state index in [1.165, 1.54) is 0 Å². The van der Waals surface area contributed by atoms with Crippen LogP contribution in [0.25, 0.3) is 4.85 Å². The topological polar surface area (TPSA) is 27.9 Å². The fourth-order valence-corrected chi connectivity index (χ4v) is 3.58. The Hall–Kier alpha value is -2.71. The fourth-order valence-electron chi connectivity index (χ4n) is 3.05. The number of nitrogens with zero attached hydrogens (tertiary/aromatic N) is 3. The molecule has 4 nitrogen and oxygen atoms in total. The third kappa shape index (κ3) is 2.69. The van der Waals surface area contributed by atoms with Crippen LogP contribution in [0.15, 0.2) is 42.5 Å². The summed E-state index contributed by atoms with van der Waals surface area (Å²) in [7, 11) is 0. The number of hydrogen-bond donors (Lipinski definition) is 0. The summed E-state index contributed by atoms with van der Waals surface area (Å²) in [5.74, 6) is -0.0759. The Bertz CT molecular complexity index is 910. The van der Waals surface area contributed by atoms with Crippen LogP contribution in [0.3, 0.4) is 0 Å². The van der Waals surface area contributed by atoms with Crippen LogP contribution < -0.4 is 9.80 Å². The first kappa shape index (κ1) is 17.1. The SMILES string of the molecule is [C-]#[N+]c1ccc(N2C(=O)C(C)(C)N(c3ccc(C)cc3)C2=S)cc1C. The van der Waals surface area contributed by atoms with Crippen LogP contribution in [-0.4, -0.2) is 16.6 Å². The highest BCUT2D eigenvalue weighted by Crippen LogP contribution is 2.37. The number of carbonyl (C=O) groups is 1. The molecule has 1 saturated heterocycles. The second-order valence-electron chi connectivity index (χ2n) is 6.74. The first-order chi connectivity index (χ1) is 11.8. The van der Waals surface area contributed by atoms with Gasteiger partial charge in [0.05, 0.1) is 6.57 Å². The van der Waals surface area contributed by atoms with Gasteiger partial charge in [0.25, 0.3) is 5.91 Å². The third-order valence-corrected chi connectivity index (χ3v) is 4.88. The Morgan fingerprint density at radius 3 is 2.20 bits per heavy atom. The molecule has 25 heavy (non-hydrogen) atoms. The molecule has 0 aliphatic carbocycles. The van der Waals surface area contributed by atoms with E-state index in [4.69, 9.17) is 18.8 Å². The number of thiocarbonyl (C=S) groups is 1. The van der Waals surface area contributed by atoms with Crippen molar-refractivity contribution in [2.24, 2.45) is 0 Å².